The summed E-state index contributed by atoms with van der Waals surface area (Å²) in [6.45, 7) is 4.86. The predicted octanol–water partition coefficient (Wildman–Crippen LogP) is -0.681. The third-order valence-corrected chi connectivity index (χ3v) is 9.73. The molecule has 17 nitrogen and oxygen atoms in total. The van der Waals surface area contributed by atoms with E-state index in [9.17, 15) is 33.9 Å². The average molecular weight is 697 g/mol. The molecule has 3 aliphatic heterocycles. The standard InChI is InChI=1S/C33H48N10O7/c1-19(2)12-23(39-28(44)22(34)13-20-15-35-17-37-20)30(46)42-10-4-7-26(42)32(48)43-11-5-8-27(43)31(47)41-9-3-6-25(41)29(45)40-24(33(49)50)14-21-16-36-18-38-21/h15-19,22-27H,3-14,34H2,1-2H3,(H,35,37)(H,36,38)(H,39,44)(H,40,45)(H,49,50)/t22-,23-,24-,25-,26-,27-/m0/s1. The van der Waals surface area contributed by atoms with Crippen molar-refractivity contribution in [3.8, 4) is 0 Å². The molecular formula is C33H48N10O7. The minimum atomic E-state index is -1.22. The highest BCUT2D eigenvalue weighted by atomic mass is 16.4. The van der Waals surface area contributed by atoms with Crippen LogP contribution in [0.2, 0.25) is 0 Å². The van der Waals surface area contributed by atoms with Crippen molar-refractivity contribution in [1.29, 1.82) is 0 Å². The zero-order chi connectivity index (χ0) is 35.9. The van der Waals surface area contributed by atoms with Crippen LogP contribution in [-0.2, 0) is 41.6 Å². The Morgan fingerprint density at radius 2 is 1.32 bits per heavy atom. The second-order valence-electron chi connectivity index (χ2n) is 13.8. The first-order chi connectivity index (χ1) is 23.9. The van der Waals surface area contributed by atoms with E-state index < -0.39 is 54.0 Å². The number of carbonyl (C=O) groups excluding carboxylic acids is 5. The summed E-state index contributed by atoms with van der Waals surface area (Å²) >= 11 is 0. The van der Waals surface area contributed by atoms with E-state index in [2.05, 4.69) is 30.6 Å². The van der Waals surface area contributed by atoms with E-state index in [1.54, 1.807) is 6.20 Å². The number of H-pyrrole nitrogens is 2. The van der Waals surface area contributed by atoms with E-state index in [1.165, 1.54) is 33.6 Å². The average Bonchev–Trinajstić information content (AvgIpc) is 3.92. The number of rotatable bonds is 14. The molecule has 0 radical (unpaired) electrons. The molecule has 0 aromatic carbocycles. The number of imidazole rings is 2. The summed E-state index contributed by atoms with van der Waals surface area (Å²) in [7, 11) is 0. The highest BCUT2D eigenvalue weighted by Crippen LogP contribution is 2.29. The molecule has 50 heavy (non-hydrogen) atoms. The van der Waals surface area contributed by atoms with Crippen molar-refractivity contribution in [2.24, 2.45) is 11.7 Å². The first-order valence-electron chi connectivity index (χ1n) is 17.4. The number of nitrogens with two attached hydrogens (primary N) is 1. The Hall–Kier alpha value is -4.80. The maximum absolute atomic E-state index is 14.1. The summed E-state index contributed by atoms with van der Waals surface area (Å²) in [6, 6.07) is -5.47. The van der Waals surface area contributed by atoms with Gasteiger partial charge in [0.25, 0.3) is 0 Å². The molecule has 272 valence electrons. The first kappa shape index (κ1) is 36.5. The Morgan fingerprint density at radius 1 is 0.800 bits per heavy atom. The van der Waals surface area contributed by atoms with Gasteiger partial charge in [-0.2, -0.15) is 0 Å². The predicted molar refractivity (Wildman–Crippen MR) is 178 cm³/mol. The SMILES string of the molecule is CC(C)C[C@H](NC(=O)[C@@H](N)Cc1cnc[nH]1)C(=O)N1CCC[C@H]1C(=O)N1CCC[C@H]1C(=O)N1CCC[C@H]1C(=O)N[C@@H](Cc1cnc[nH]1)C(=O)O. The molecular weight excluding hydrogens is 648 g/mol. The molecule has 6 atom stereocenters. The molecule has 0 unspecified atom stereocenters. The zero-order valence-corrected chi connectivity index (χ0v) is 28.5. The van der Waals surface area contributed by atoms with Crippen molar-refractivity contribution in [3.63, 3.8) is 0 Å². The number of hydrogen-bond donors (Lipinski definition) is 6. The van der Waals surface area contributed by atoms with Gasteiger partial charge in [-0.1, -0.05) is 13.8 Å². The molecule has 0 saturated carbocycles. The molecule has 0 bridgehead atoms. The third kappa shape index (κ3) is 8.49. The molecule has 2 aromatic rings. The van der Waals surface area contributed by atoms with E-state index in [0.717, 1.165) is 0 Å². The summed E-state index contributed by atoms with van der Waals surface area (Å²) < 4.78 is 0. The molecule has 3 fully saturated rings. The van der Waals surface area contributed by atoms with Gasteiger partial charge in [0.05, 0.1) is 18.7 Å². The topological polar surface area (TPSA) is 240 Å². The second kappa shape index (κ2) is 16.3. The van der Waals surface area contributed by atoms with E-state index >= 15 is 0 Å². The van der Waals surface area contributed by atoms with Crippen LogP contribution in [0.4, 0.5) is 0 Å². The van der Waals surface area contributed by atoms with Gasteiger partial charge in [-0.25, -0.2) is 14.8 Å². The van der Waals surface area contributed by atoms with Crippen LogP contribution in [0.15, 0.2) is 25.0 Å². The van der Waals surface area contributed by atoms with Crippen LogP contribution in [0.3, 0.4) is 0 Å². The smallest absolute Gasteiger partial charge is 0.326 e. The van der Waals surface area contributed by atoms with Gasteiger partial charge >= 0.3 is 5.97 Å². The Morgan fingerprint density at radius 3 is 1.86 bits per heavy atom. The van der Waals surface area contributed by atoms with Gasteiger partial charge in [0.15, 0.2) is 0 Å². The number of carboxylic acids is 1. The number of carboxylic acid groups (broad SMARTS) is 1. The number of aromatic nitrogens is 4. The summed E-state index contributed by atoms with van der Waals surface area (Å²) in [5, 5.41) is 15.1. The highest BCUT2D eigenvalue weighted by molar-refractivity contribution is 5.97. The number of amides is 5. The van der Waals surface area contributed by atoms with E-state index in [-0.39, 0.29) is 36.5 Å². The van der Waals surface area contributed by atoms with Crippen molar-refractivity contribution >= 4 is 35.5 Å². The first-order valence-corrected chi connectivity index (χ1v) is 17.4. The summed E-state index contributed by atoms with van der Waals surface area (Å²) in [6.07, 6.45) is 9.49. The van der Waals surface area contributed by atoms with Crippen LogP contribution in [-0.4, -0.2) is 131 Å². The van der Waals surface area contributed by atoms with Gasteiger partial charge in [-0.15, -0.1) is 0 Å². The molecule has 17 heteroatoms. The van der Waals surface area contributed by atoms with Crippen LogP contribution in [0.1, 0.15) is 70.2 Å². The fourth-order valence-electron chi connectivity index (χ4n) is 7.24. The zero-order valence-electron chi connectivity index (χ0n) is 28.5. The lowest BCUT2D eigenvalue weighted by molar-refractivity contribution is -0.151. The van der Waals surface area contributed by atoms with Crippen LogP contribution >= 0.6 is 0 Å². The lowest BCUT2D eigenvalue weighted by Crippen LogP contribution is -2.58. The van der Waals surface area contributed by atoms with Gasteiger partial charge in [0.2, 0.25) is 29.5 Å². The van der Waals surface area contributed by atoms with Gasteiger partial charge in [-0.05, 0) is 50.9 Å². The van der Waals surface area contributed by atoms with Gasteiger partial charge in [0, 0.05) is 56.3 Å². The molecule has 5 amide bonds. The molecule has 3 saturated heterocycles. The fraction of sp³-hybridized carbons (Fsp3) is 0.636. The van der Waals surface area contributed by atoms with E-state index in [4.69, 9.17) is 5.73 Å². The number of nitrogens with zero attached hydrogens (tertiary/aromatic N) is 5. The molecule has 0 aliphatic carbocycles. The van der Waals surface area contributed by atoms with Crippen molar-refractivity contribution in [2.75, 3.05) is 19.6 Å². The normalized spacial score (nSPS) is 22.4. The number of nitrogens with one attached hydrogen (secondary N) is 4. The number of aliphatic carboxylic acids is 1. The van der Waals surface area contributed by atoms with Crippen LogP contribution in [0.5, 0.6) is 0 Å². The van der Waals surface area contributed by atoms with Crippen molar-refractivity contribution in [2.45, 2.75) is 108 Å². The molecule has 2 aromatic heterocycles. The molecule has 5 heterocycles. The van der Waals surface area contributed by atoms with Crippen molar-refractivity contribution in [1.82, 2.24) is 45.3 Å². The van der Waals surface area contributed by atoms with Crippen molar-refractivity contribution < 1.29 is 33.9 Å². The minimum absolute atomic E-state index is 0.00292. The van der Waals surface area contributed by atoms with E-state index in [1.807, 2.05) is 13.8 Å². The van der Waals surface area contributed by atoms with E-state index in [0.29, 0.717) is 76.0 Å². The fourth-order valence-corrected chi connectivity index (χ4v) is 7.24. The van der Waals surface area contributed by atoms with Gasteiger partial charge in [-0.3, -0.25) is 24.0 Å². The Bertz CT molecular complexity index is 1510. The largest absolute Gasteiger partial charge is 0.480 e. The Kier molecular flexibility index (Phi) is 11.9. The Labute approximate surface area is 290 Å². The molecule has 7 N–H and O–H groups in total. The van der Waals surface area contributed by atoms with Gasteiger partial charge < -0.3 is 46.1 Å². The number of carbonyl (C=O) groups is 6. The molecule has 3 aliphatic rings. The summed E-state index contributed by atoms with van der Waals surface area (Å²) in [4.78, 5) is 98.5. The number of hydrogen-bond acceptors (Lipinski definition) is 9. The maximum Gasteiger partial charge on any atom is 0.326 e. The van der Waals surface area contributed by atoms with Crippen molar-refractivity contribution in [3.05, 3.63) is 36.4 Å². The molecule has 5 rings (SSSR count). The highest BCUT2D eigenvalue weighted by Gasteiger charge is 2.46. The molecule has 0 spiro atoms. The monoisotopic (exact) mass is 696 g/mol. The lowest BCUT2D eigenvalue weighted by Gasteiger charge is -2.35. The third-order valence-electron chi connectivity index (χ3n) is 9.73. The quantitative estimate of drug-likeness (QED) is 0.145. The van der Waals surface area contributed by atoms with Crippen LogP contribution in [0, 0.1) is 5.92 Å². The second-order valence-corrected chi connectivity index (χ2v) is 13.8. The number of aromatic amines is 2. The lowest BCUT2D eigenvalue weighted by atomic mass is 10.0. The summed E-state index contributed by atoms with van der Waals surface area (Å²) in [5.41, 5.74) is 7.39. The summed E-state index contributed by atoms with van der Waals surface area (Å²) in [5.74, 6) is -3.24. The van der Waals surface area contributed by atoms with Gasteiger partial charge in [0.1, 0.15) is 30.2 Å². The maximum atomic E-state index is 14.1. The minimum Gasteiger partial charge on any atom is -0.480 e. The van der Waals surface area contributed by atoms with Crippen LogP contribution < -0.4 is 16.4 Å². The number of likely N-dealkylation sites (tertiary alicyclic amines) is 3. The Balaban J connectivity index is 1.24. The van der Waals surface area contributed by atoms with Crippen LogP contribution in [0.25, 0.3) is 0 Å².